The van der Waals surface area contributed by atoms with Gasteiger partial charge in [-0.2, -0.15) is 0 Å². The lowest BCUT2D eigenvalue weighted by Gasteiger charge is -2.30. The van der Waals surface area contributed by atoms with Gasteiger partial charge in [-0.05, 0) is 43.5 Å². The van der Waals surface area contributed by atoms with Crippen LogP contribution < -0.4 is 5.73 Å². The minimum Gasteiger partial charge on any atom is -0.480 e. The number of benzene rings is 1. The summed E-state index contributed by atoms with van der Waals surface area (Å²) < 4.78 is 0. The van der Waals surface area contributed by atoms with Crippen LogP contribution in [0, 0.1) is 0 Å². The topological polar surface area (TPSA) is 66.6 Å². The smallest absolute Gasteiger partial charge is 0.325 e. The Morgan fingerprint density at radius 2 is 2.33 bits per heavy atom. The number of rotatable bonds is 3. The van der Waals surface area contributed by atoms with Gasteiger partial charge in [0, 0.05) is 6.54 Å². The summed E-state index contributed by atoms with van der Waals surface area (Å²) in [7, 11) is 2.12. The second kappa shape index (κ2) is 5.50. The number of likely N-dealkylation sites (N-methyl/N-ethyl adjacent to an activating group) is 1. The predicted octanol–water partition coefficient (Wildman–Crippen LogP) is 1.58. The zero-order valence-corrected chi connectivity index (χ0v) is 10.7. The molecule has 1 fully saturated rings. The highest BCUT2D eigenvalue weighted by atomic mass is 16.4. The number of likely N-dealkylation sites (tertiary alicyclic amines) is 1. The van der Waals surface area contributed by atoms with Crippen LogP contribution in [0.4, 0.5) is 0 Å². The van der Waals surface area contributed by atoms with Crippen molar-refractivity contribution >= 4 is 5.97 Å². The zero-order valence-electron chi connectivity index (χ0n) is 10.7. The van der Waals surface area contributed by atoms with Crippen LogP contribution in [0.5, 0.6) is 0 Å². The van der Waals surface area contributed by atoms with Crippen LogP contribution >= 0.6 is 0 Å². The molecule has 3 N–H and O–H groups in total. The van der Waals surface area contributed by atoms with E-state index in [9.17, 15) is 4.79 Å². The molecule has 1 aromatic rings. The predicted molar refractivity (Wildman–Crippen MR) is 70.5 cm³/mol. The van der Waals surface area contributed by atoms with E-state index in [2.05, 4.69) is 18.0 Å². The Morgan fingerprint density at radius 1 is 1.56 bits per heavy atom. The van der Waals surface area contributed by atoms with Gasteiger partial charge in [0.1, 0.15) is 6.04 Å². The van der Waals surface area contributed by atoms with Crippen molar-refractivity contribution in [2.24, 2.45) is 5.73 Å². The summed E-state index contributed by atoms with van der Waals surface area (Å²) in [5.41, 5.74) is 7.55. The molecule has 0 bridgehead atoms. The van der Waals surface area contributed by atoms with Gasteiger partial charge in [-0.3, -0.25) is 4.79 Å². The van der Waals surface area contributed by atoms with E-state index in [4.69, 9.17) is 10.8 Å². The van der Waals surface area contributed by atoms with Crippen LogP contribution in [0.1, 0.15) is 35.9 Å². The van der Waals surface area contributed by atoms with Crippen molar-refractivity contribution in [2.75, 3.05) is 20.1 Å². The minimum atomic E-state index is -0.979. The highest BCUT2D eigenvalue weighted by Crippen LogP contribution is 2.27. The molecular formula is C14H20N2O2. The number of nitrogens with zero attached hydrogens (tertiary/aromatic N) is 1. The third-order valence-electron chi connectivity index (χ3n) is 3.63. The van der Waals surface area contributed by atoms with Crippen molar-refractivity contribution in [3.05, 3.63) is 35.4 Å². The summed E-state index contributed by atoms with van der Waals surface area (Å²) in [6.07, 6.45) is 2.35. The standard InChI is InChI=1S/C14H20N2O2/c1-16-7-3-6-12(9-16)10-4-2-5-11(8-10)13(15)14(17)18/h2,4-5,8,12-13H,3,6-7,9,15H2,1H3,(H,17,18). The van der Waals surface area contributed by atoms with E-state index in [1.165, 1.54) is 12.0 Å². The fraction of sp³-hybridized carbons (Fsp3) is 0.500. The third kappa shape index (κ3) is 2.89. The molecule has 4 heteroatoms. The molecule has 1 saturated heterocycles. The Kier molecular flexibility index (Phi) is 3.99. The molecule has 2 rings (SSSR count). The second-order valence-electron chi connectivity index (χ2n) is 5.09. The number of piperidine rings is 1. The summed E-state index contributed by atoms with van der Waals surface area (Å²) in [6.45, 7) is 2.18. The number of carboxylic acid groups (broad SMARTS) is 1. The molecule has 1 heterocycles. The maximum atomic E-state index is 10.9. The first kappa shape index (κ1) is 13.1. The van der Waals surface area contributed by atoms with Crippen molar-refractivity contribution < 1.29 is 9.90 Å². The van der Waals surface area contributed by atoms with Gasteiger partial charge >= 0.3 is 5.97 Å². The van der Waals surface area contributed by atoms with Gasteiger partial charge in [0.05, 0.1) is 0 Å². The largest absolute Gasteiger partial charge is 0.480 e. The molecule has 0 saturated carbocycles. The number of carboxylic acids is 1. The van der Waals surface area contributed by atoms with Crippen LogP contribution in [-0.4, -0.2) is 36.1 Å². The van der Waals surface area contributed by atoms with Crippen LogP contribution in [-0.2, 0) is 4.79 Å². The number of hydrogen-bond donors (Lipinski definition) is 2. The molecule has 1 aliphatic heterocycles. The van der Waals surface area contributed by atoms with Gasteiger partial charge in [0.25, 0.3) is 0 Å². The SMILES string of the molecule is CN1CCCC(c2cccc(C(N)C(=O)O)c2)C1. The third-order valence-corrected chi connectivity index (χ3v) is 3.63. The maximum Gasteiger partial charge on any atom is 0.325 e. The van der Waals surface area contributed by atoms with Crippen LogP contribution in [0.3, 0.4) is 0 Å². The number of nitrogens with two attached hydrogens (primary N) is 1. The van der Waals surface area contributed by atoms with Gasteiger partial charge in [0.2, 0.25) is 0 Å². The molecule has 0 spiro atoms. The van der Waals surface area contributed by atoms with Gasteiger partial charge in [-0.25, -0.2) is 0 Å². The molecular weight excluding hydrogens is 228 g/mol. The van der Waals surface area contributed by atoms with E-state index in [1.807, 2.05) is 12.1 Å². The Bertz CT molecular complexity index is 434. The first-order chi connectivity index (χ1) is 8.58. The van der Waals surface area contributed by atoms with Crippen molar-refractivity contribution in [3.63, 3.8) is 0 Å². The van der Waals surface area contributed by atoms with Crippen LogP contribution in [0.25, 0.3) is 0 Å². The summed E-state index contributed by atoms with van der Waals surface area (Å²) >= 11 is 0. The van der Waals surface area contributed by atoms with Crippen molar-refractivity contribution in [2.45, 2.75) is 24.8 Å². The quantitative estimate of drug-likeness (QED) is 0.852. The minimum absolute atomic E-state index is 0.490. The molecule has 98 valence electrons. The molecule has 0 aliphatic carbocycles. The Labute approximate surface area is 107 Å². The van der Waals surface area contributed by atoms with E-state index in [1.54, 1.807) is 6.07 Å². The Balaban J connectivity index is 2.18. The van der Waals surface area contributed by atoms with Crippen LogP contribution in [0.15, 0.2) is 24.3 Å². The number of aliphatic carboxylic acids is 1. The monoisotopic (exact) mass is 248 g/mol. The lowest BCUT2D eigenvalue weighted by molar-refractivity contribution is -0.138. The number of carbonyl (C=O) groups is 1. The van der Waals surface area contributed by atoms with E-state index in [0.717, 1.165) is 19.5 Å². The first-order valence-corrected chi connectivity index (χ1v) is 6.34. The Hall–Kier alpha value is -1.39. The van der Waals surface area contributed by atoms with Gasteiger partial charge < -0.3 is 15.7 Å². The summed E-state index contributed by atoms with van der Waals surface area (Å²) in [6, 6.07) is 6.78. The molecule has 0 aromatic heterocycles. The molecule has 1 aliphatic rings. The maximum absolute atomic E-state index is 10.9. The number of hydrogen-bond acceptors (Lipinski definition) is 3. The van der Waals surface area contributed by atoms with Gasteiger partial charge in [-0.1, -0.05) is 24.3 Å². The van der Waals surface area contributed by atoms with Crippen molar-refractivity contribution in [1.29, 1.82) is 0 Å². The van der Waals surface area contributed by atoms with E-state index < -0.39 is 12.0 Å². The highest BCUT2D eigenvalue weighted by Gasteiger charge is 2.20. The fourth-order valence-electron chi connectivity index (χ4n) is 2.59. The van der Waals surface area contributed by atoms with Gasteiger partial charge in [-0.15, -0.1) is 0 Å². The molecule has 0 radical (unpaired) electrons. The molecule has 2 unspecified atom stereocenters. The van der Waals surface area contributed by atoms with E-state index in [-0.39, 0.29) is 0 Å². The average Bonchev–Trinajstić information content (AvgIpc) is 2.38. The molecule has 1 aromatic carbocycles. The van der Waals surface area contributed by atoms with Crippen molar-refractivity contribution in [1.82, 2.24) is 4.90 Å². The summed E-state index contributed by atoms with van der Waals surface area (Å²) in [5.74, 6) is -0.488. The molecule has 18 heavy (non-hydrogen) atoms. The van der Waals surface area contributed by atoms with E-state index >= 15 is 0 Å². The van der Waals surface area contributed by atoms with Crippen LogP contribution in [0.2, 0.25) is 0 Å². The normalized spacial score (nSPS) is 22.7. The first-order valence-electron chi connectivity index (χ1n) is 6.34. The summed E-state index contributed by atoms with van der Waals surface area (Å²) in [4.78, 5) is 13.2. The fourth-order valence-corrected chi connectivity index (χ4v) is 2.59. The second-order valence-corrected chi connectivity index (χ2v) is 5.09. The lowest BCUT2D eigenvalue weighted by Crippen LogP contribution is -2.31. The van der Waals surface area contributed by atoms with E-state index in [0.29, 0.717) is 11.5 Å². The molecule has 2 atom stereocenters. The Morgan fingerprint density at radius 3 is 3.00 bits per heavy atom. The molecule has 0 amide bonds. The van der Waals surface area contributed by atoms with Crippen molar-refractivity contribution in [3.8, 4) is 0 Å². The van der Waals surface area contributed by atoms with Gasteiger partial charge in [0.15, 0.2) is 0 Å². The molecule has 4 nitrogen and oxygen atoms in total. The average molecular weight is 248 g/mol. The zero-order chi connectivity index (χ0) is 13.1. The lowest BCUT2D eigenvalue weighted by atomic mass is 9.89. The highest BCUT2D eigenvalue weighted by molar-refractivity contribution is 5.75. The summed E-state index contributed by atoms with van der Waals surface area (Å²) in [5, 5.41) is 8.95.